The van der Waals surface area contributed by atoms with Crippen molar-refractivity contribution in [2.75, 3.05) is 23.9 Å². The van der Waals surface area contributed by atoms with Gasteiger partial charge in [-0.2, -0.15) is 0 Å². The van der Waals surface area contributed by atoms with E-state index in [0.717, 1.165) is 29.8 Å². The van der Waals surface area contributed by atoms with Gasteiger partial charge in [0.05, 0.1) is 7.11 Å². The molecule has 4 rings (SSSR count). The molecule has 1 aliphatic rings. The largest absolute Gasteiger partial charge is 0.496 e. The minimum Gasteiger partial charge on any atom is -0.496 e. The molecule has 0 saturated heterocycles. The van der Waals surface area contributed by atoms with E-state index in [0.29, 0.717) is 18.2 Å². The summed E-state index contributed by atoms with van der Waals surface area (Å²) in [5, 5.41) is 3.21. The van der Waals surface area contributed by atoms with Crippen LogP contribution in [0.25, 0.3) is 0 Å². The van der Waals surface area contributed by atoms with Gasteiger partial charge in [0.1, 0.15) is 11.4 Å². The maximum absolute atomic E-state index is 13.1. The fraction of sp³-hybridized carbons (Fsp3) is 0.261. The summed E-state index contributed by atoms with van der Waals surface area (Å²) in [5.74, 6) is 1.21. The predicted octanol–water partition coefficient (Wildman–Crippen LogP) is 3.73. The normalized spacial score (nSPS) is 15.1. The Bertz CT molecular complexity index is 1020. The summed E-state index contributed by atoms with van der Waals surface area (Å²) in [6.45, 7) is 2.70. The summed E-state index contributed by atoms with van der Waals surface area (Å²) < 4.78 is 5.39. The number of amides is 1. The van der Waals surface area contributed by atoms with E-state index >= 15 is 0 Å². The number of fused-ring (bicyclic) bond motifs is 1. The minimum absolute atomic E-state index is 0.0994. The van der Waals surface area contributed by atoms with Gasteiger partial charge in [0.2, 0.25) is 5.95 Å². The maximum Gasteiger partial charge on any atom is 0.277 e. The average Bonchev–Trinajstić information content (AvgIpc) is 3.09. The number of rotatable bonds is 6. The molecular formula is C23H24N4O2. The Morgan fingerprint density at radius 2 is 1.97 bits per heavy atom. The van der Waals surface area contributed by atoms with Crippen molar-refractivity contribution >= 4 is 17.5 Å². The fourth-order valence-electron chi connectivity index (χ4n) is 3.78. The lowest BCUT2D eigenvalue weighted by atomic mass is 10.1. The second-order valence-corrected chi connectivity index (χ2v) is 7.11. The quantitative estimate of drug-likeness (QED) is 0.697. The molecule has 148 valence electrons. The van der Waals surface area contributed by atoms with E-state index in [4.69, 9.17) is 4.74 Å². The lowest BCUT2D eigenvalue weighted by molar-refractivity contribution is 0.0976. The molecule has 0 spiro atoms. The summed E-state index contributed by atoms with van der Waals surface area (Å²) in [7, 11) is 1.67. The van der Waals surface area contributed by atoms with E-state index in [1.54, 1.807) is 19.4 Å². The molecule has 0 saturated carbocycles. The molecule has 29 heavy (non-hydrogen) atoms. The van der Waals surface area contributed by atoms with Gasteiger partial charge >= 0.3 is 0 Å². The lowest BCUT2D eigenvalue weighted by Crippen LogP contribution is -2.36. The summed E-state index contributed by atoms with van der Waals surface area (Å²) >= 11 is 0. The predicted molar refractivity (Wildman–Crippen MR) is 114 cm³/mol. The second-order valence-electron chi connectivity index (χ2n) is 7.11. The van der Waals surface area contributed by atoms with Crippen LogP contribution >= 0.6 is 0 Å². The van der Waals surface area contributed by atoms with E-state index in [1.807, 2.05) is 47.4 Å². The summed E-state index contributed by atoms with van der Waals surface area (Å²) in [6, 6.07) is 17.7. The van der Waals surface area contributed by atoms with Gasteiger partial charge in [-0.15, -0.1) is 0 Å². The van der Waals surface area contributed by atoms with Gasteiger partial charge in [0, 0.05) is 24.5 Å². The zero-order valence-corrected chi connectivity index (χ0v) is 16.6. The first-order valence-corrected chi connectivity index (χ1v) is 9.77. The van der Waals surface area contributed by atoms with Crippen LogP contribution in [0.3, 0.4) is 0 Å². The van der Waals surface area contributed by atoms with E-state index in [-0.39, 0.29) is 11.9 Å². The van der Waals surface area contributed by atoms with Crippen molar-refractivity contribution in [2.45, 2.75) is 25.8 Å². The number of aromatic nitrogens is 2. The van der Waals surface area contributed by atoms with Crippen molar-refractivity contribution in [2.24, 2.45) is 0 Å². The molecule has 0 fully saturated rings. The molecule has 6 nitrogen and oxygen atoms in total. The Morgan fingerprint density at radius 3 is 2.83 bits per heavy atom. The van der Waals surface area contributed by atoms with Gasteiger partial charge in [0.25, 0.3) is 5.91 Å². The van der Waals surface area contributed by atoms with Crippen LogP contribution in [0.5, 0.6) is 5.75 Å². The van der Waals surface area contributed by atoms with Crippen molar-refractivity contribution in [1.82, 2.24) is 9.97 Å². The maximum atomic E-state index is 13.1. The van der Waals surface area contributed by atoms with E-state index < -0.39 is 0 Å². The molecule has 3 aromatic rings. The molecule has 1 atom stereocenters. The van der Waals surface area contributed by atoms with E-state index in [9.17, 15) is 4.79 Å². The van der Waals surface area contributed by atoms with E-state index in [2.05, 4.69) is 28.3 Å². The molecule has 1 amide bonds. The highest BCUT2D eigenvalue weighted by Gasteiger charge is 2.31. The van der Waals surface area contributed by atoms with Gasteiger partial charge in [-0.05, 0) is 49.1 Å². The van der Waals surface area contributed by atoms with Crippen LogP contribution in [0.4, 0.5) is 11.6 Å². The van der Waals surface area contributed by atoms with Crippen molar-refractivity contribution < 1.29 is 9.53 Å². The number of para-hydroxylation sites is 2. The number of benzene rings is 2. The molecule has 0 bridgehead atoms. The number of ether oxygens (including phenoxy) is 1. The number of nitrogens with zero attached hydrogens (tertiary/aromatic N) is 3. The summed E-state index contributed by atoms with van der Waals surface area (Å²) in [4.78, 5) is 23.7. The zero-order valence-electron chi connectivity index (χ0n) is 16.6. The summed E-state index contributed by atoms with van der Waals surface area (Å²) in [5.41, 5.74) is 3.66. The first kappa shape index (κ1) is 18.9. The van der Waals surface area contributed by atoms with Crippen LogP contribution in [0.2, 0.25) is 0 Å². The molecule has 0 radical (unpaired) electrons. The van der Waals surface area contributed by atoms with Crippen molar-refractivity contribution in [1.29, 1.82) is 0 Å². The van der Waals surface area contributed by atoms with Crippen molar-refractivity contribution in [3.8, 4) is 5.75 Å². The van der Waals surface area contributed by atoms with E-state index in [1.165, 1.54) is 5.56 Å². The molecule has 6 heteroatoms. The third-order valence-electron chi connectivity index (χ3n) is 5.17. The Labute approximate surface area is 170 Å². The number of nitrogens with one attached hydrogen (secondary N) is 1. The molecule has 1 aliphatic heterocycles. The number of hydrogen-bond acceptors (Lipinski definition) is 5. The second kappa shape index (κ2) is 8.31. The monoisotopic (exact) mass is 388 g/mol. The molecule has 1 unspecified atom stereocenters. The van der Waals surface area contributed by atoms with Gasteiger partial charge in [0.15, 0.2) is 0 Å². The van der Waals surface area contributed by atoms with Crippen molar-refractivity contribution in [3.05, 3.63) is 77.6 Å². The number of carbonyl (C=O) groups excluding carboxylic acids is 1. The van der Waals surface area contributed by atoms with Gasteiger partial charge < -0.3 is 15.0 Å². The Kier molecular flexibility index (Phi) is 5.42. The molecule has 2 heterocycles. The fourth-order valence-corrected chi connectivity index (χ4v) is 3.78. The van der Waals surface area contributed by atoms with Crippen LogP contribution in [0.1, 0.15) is 28.5 Å². The molecule has 0 aliphatic carbocycles. The standard InChI is InChI=1S/C23H24N4O2/c1-16-15-18-8-3-5-9-20(18)27(16)22(28)19-12-14-25-23(26-19)24-13-11-17-7-4-6-10-21(17)29-2/h3-10,12,14,16H,11,13,15H2,1-2H3,(H,24,25,26). The van der Waals surface area contributed by atoms with Crippen LogP contribution in [0.15, 0.2) is 60.8 Å². The molecular weight excluding hydrogens is 364 g/mol. The zero-order chi connectivity index (χ0) is 20.2. The smallest absolute Gasteiger partial charge is 0.277 e. The van der Waals surface area contributed by atoms with Crippen LogP contribution < -0.4 is 15.0 Å². The molecule has 1 aromatic heterocycles. The first-order chi connectivity index (χ1) is 14.2. The topological polar surface area (TPSA) is 67.3 Å². The summed E-state index contributed by atoms with van der Waals surface area (Å²) in [6.07, 6.45) is 3.25. The van der Waals surface area contributed by atoms with Crippen LogP contribution in [-0.2, 0) is 12.8 Å². The third kappa shape index (κ3) is 3.92. The third-order valence-corrected chi connectivity index (χ3v) is 5.17. The molecule has 2 aromatic carbocycles. The van der Waals surface area contributed by atoms with Crippen LogP contribution in [0, 0.1) is 0 Å². The highest BCUT2D eigenvalue weighted by molar-refractivity contribution is 6.06. The number of methoxy groups -OCH3 is 1. The van der Waals surface area contributed by atoms with Crippen molar-refractivity contribution in [3.63, 3.8) is 0 Å². The Morgan fingerprint density at radius 1 is 1.17 bits per heavy atom. The number of carbonyl (C=O) groups is 1. The highest BCUT2D eigenvalue weighted by atomic mass is 16.5. The van der Waals surface area contributed by atoms with Gasteiger partial charge in [-0.25, -0.2) is 9.97 Å². The molecule has 1 N–H and O–H groups in total. The average molecular weight is 388 g/mol. The minimum atomic E-state index is -0.0994. The van der Waals surface area contributed by atoms with Crippen LogP contribution in [-0.4, -0.2) is 35.6 Å². The first-order valence-electron chi connectivity index (χ1n) is 9.77. The lowest BCUT2D eigenvalue weighted by Gasteiger charge is -2.22. The Hall–Kier alpha value is -3.41. The number of hydrogen-bond donors (Lipinski definition) is 1. The van der Waals surface area contributed by atoms with Gasteiger partial charge in [-0.3, -0.25) is 4.79 Å². The number of anilines is 2. The SMILES string of the molecule is COc1ccccc1CCNc1nccc(C(=O)N2c3ccccc3CC2C)n1. The van der Waals surface area contributed by atoms with Gasteiger partial charge in [-0.1, -0.05) is 36.4 Å². The highest BCUT2D eigenvalue weighted by Crippen LogP contribution is 2.32. The Balaban J connectivity index is 1.46.